The molecule has 0 saturated heterocycles. The van der Waals surface area contributed by atoms with Crippen molar-refractivity contribution in [2.45, 2.75) is 31.3 Å². The Labute approximate surface area is 157 Å². The fourth-order valence-corrected chi connectivity index (χ4v) is 3.64. The predicted molar refractivity (Wildman–Crippen MR) is 107 cm³/mol. The van der Waals surface area contributed by atoms with Crippen LogP contribution in [0.1, 0.15) is 35.7 Å². The zero-order valence-corrected chi connectivity index (χ0v) is 15.9. The Balaban J connectivity index is 1.72. The third-order valence-corrected chi connectivity index (χ3v) is 5.40. The number of aryl methyl sites for hydroxylation is 1. The first-order chi connectivity index (χ1) is 12.6. The van der Waals surface area contributed by atoms with Gasteiger partial charge in [0.1, 0.15) is 0 Å². The van der Waals surface area contributed by atoms with Crippen LogP contribution in [0.4, 0.5) is 0 Å². The van der Waals surface area contributed by atoms with Crippen LogP contribution in [0.15, 0.2) is 58.5 Å². The summed E-state index contributed by atoms with van der Waals surface area (Å²) in [6.07, 6.45) is 3.36. The lowest BCUT2D eigenvalue weighted by atomic mass is 10.1. The number of thioether (sulfide) groups is 1. The number of unbranched alkanes of at least 4 members (excludes halogenated alkanes) is 1. The lowest BCUT2D eigenvalue weighted by Crippen LogP contribution is -2.20. The Morgan fingerprint density at radius 2 is 1.85 bits per heavy atom. The molecule has 0 atom stereocenters. The first-order valence-electron chi connectivity index (χ1n) is 8.81. The van der Waals surface area contributed by atoms with Gasteiger partial charge < -0.3 is 0 Å². The number of aromatic nitrogens is 2. The summed E-state index contributed by atoms with van der Waals surface area (Å²) in [6.45, 7) is 2.17. The van der Waals surface area contributed by atoms with Gasteiger partial charge in [0.2, 0.25) is 0 Å². The number of hydrogen-bond donors (Lipinski definition) is 0. The van der Waals surface area contributed by atoms with Gasteiger partial charge >= 0.3 is 0 Å². The summed E-state index contributed by atoms with van der Waals surface area (Å²) in [6, 6.07) is 15.1. The molecular formula is C21H22N2O2S. The van der Waals surface area contributed by atoms with E-state index in [-0.39, 0.29) is 17.1 Å². The van der Waals surface area contributed by atoms with E-state index in [1.807, 2.05) is 42.5 Å². The van der Waals surface area contributed by atoms with Crippen molar-refractivity contribution in [3.8, 4) is 0 Å². The van der Waals surface area contributed by atoms with Crippen molar-refractivity contribution in [2.24, 2.45) is 7.05 Å². The largest absolute Gasteiger partial charge is 0.293 e. The number of Topliss-reactive ketones (excluding diaryl/α,β-unsaturated/α-hetero) is 1. The molecule has 5 heteroatoms. The second-order valence-corrected chi connectivity index (χ2v) is 7.23. The van der Waals surface area contributed by atoms with Crippen molar-refractivity contribution in [1.82, 2.24) is 9.55 Å². The van der Waals surface area contributed by atoms with E-state index < -0.39 is 0 Å². The van der Waals surface area contributed by atoms with E-state index in [2.05, 4.69) is 11.9 Å². The molecule has 0 amide bonds. The Bertz CT molecular complexity index is 977. The van der Waals surface area contributed by atoms with E-state index in [1.54, 1.807) is 13.1 Å². The zero-order chi connectivity index (χ0) is 18.5. The van der Waals surface area contributed by atoms with Gasteiger partial charge in [-0.25, -0.2) is 4.98 Å². The van der Waals surface area contributed by atoms with Crippen molar-refractivity contribution in [1.29, 1.82) is 0 Å². The molecule has 0 aliphatic carbocycles. The Kier molecular flexibility index (Phi) is 5.89. The van der Waals surface area contributed by atoms with E-state index >= 15 is 0 Å². The van der Waals surface area contributed by atoms with Crippen LogP contribution >= 0.6 is 11.8 Å². The van der Waals surface area contributed by atoms with Gasteiger partial charge in [0.05, 0.1) is 16.7 Å². The maximum atomic E-state index is 12.5. The van der Waals surface area contributed by atoms with Gasteiger partial charge in [-0.15, -0.1) is 0 Å². The highest BCUT2D eigenvalue weighted by Crippen LogP contribution is 2.19. The Hall–Kier alpha value is -2.40. The van der Waals surface area contributed by atoms with Crippen LogP contribution in [-0.2, 0) is 13.5 Å². The summed E-state index contributed by atoms with van der Waals surface area (Å²) >= 11 is 1.30. The molecule has 3 rings (SSSR count). The molecule has 26 heavy (non-hydrogen) atoms. The normalized spacial score (nSPS) is 11.0. The molecule has 2 aromatic carbocycles. The van der Waals surface area contributed by atoms with E-state index in [9.17, 15) is 9.59 Å². The minimum atomic E-state index is -0.0918. The van der Waals surface area contributed by atoms with Crippen molar-refractivity contribution < 1.29 is 4.79 Å². The fourth-order valence-electron chi connectivity index (χ4n) is 2.78. The van der Waals surface area contributed by atoms with Crippen molar-refractivity contribution in [3.63, 3.8) is 0 Å². The van der Waals surface area contributed by atoms with Gasteiger partial charge in [-0.2, -0.15) is 0 Å². The molecule has 3 aromatic rings. The second kappa shape index (κ2) is 8.32. The molecule has 4 nitrogen and oxygen atoms in total. The molecule has 0 bridgehead atoms. The molecular weight excluding hydrogens is 344 g/mol. The second-order valence-electron chi connectivity index (χ2n) is 6.29. The van der Waals surface area contributed by atoms with Crippen LogP contribution in [0.25, 0.3) is 10.9 Å². The van der Waals surface area contributed by atoms with Gasteiger partial charge in [0.25, 0.3) is 5.56 Å². The summed E-state index contributed by atoms with van der Waals surface area (Å²) in [5.41, 5.74) is 2.52. The van der Waals surface area contributed by atoms with Gasteiger partial charge in [0, 0.05) is 12.6 Å². The first-order valence-corrected chi connectivity index (χ1v) is 9.79. The molecule has 1 aromatic heterocycles. The third kappa shape index (κ3) is 4.05. The van der Waals surface area contributed by atoms with Crippen LogP contribution in [0, 0.1) is 0 Å². The molecule has 0 aliphatic heterocycles. The van der Waals surface area contributed by atoms with Crippen LogP contribution in [0.5, 0.6) is 0 Å². The van der Waals surface area contributed by atoms with E-state index in [4.69, 9.17) is 0 Å². The topological polar surface area (TPSA) is 52.0 Å². The van der Waals surface area contributed by atoms with Crippen molar-refractivity contribution in [3.05, 3.63) is 70.0 Å². The minimum Gasteiger partial charge on any atom is -0.293 e. The highest BCUT2D eigenvalue weighted by atomic mass is 32.2. The maximum Gasteiger partial charge on any atom is 0.261 e. The van der Waals surface area contributed by atoms with Crippen molar-refractivity contribution in [2.75, 3.05) is 5.75 Å². The summed E-state index contributed by atoms with van der Waals surface area (Å²) in [5.74, 6) is 0.298. The molecule has 0 aliphatic rings. The number of carbonyl (C=O) groups is 1. The number of para-hydroxylation sites is 1. The summed E-state index contributed by atoms with van der Waals surface area (Å²) < 4.78 is 1.51. The average molecular weight is 366 g/mol. The zero-order valence-electron chi connectivity index (χ0n) is 15.1. The summed E-state index contributed by atoms with van der Waals surface area (Å²) in [4.78, 5) is 29.4. The molecule has 134 valence electrons. The predicted octanol–water partition coefficient (Wildman–Crippen LogP) is 4.25. The maximum absolute atomic E-state index is 12.5. The smallest absolute Gasteiger partial charge is 0.261 e. The molecule has 0 radical (unpaired) electrons. The molecule has 0 saturated carbocycles. The highest BCUT2D eigenvalue weighted by molar-refractivity contribution is 7.99. The van der Waals surface area contributed by atoms with Gasteiger partial charge in [0.15, 0.2) is 10.9 Å². The summed E-state index contributed by atoms with van der Waals surface area (Å²) in [5, 5.41) is 1.15. The van der Waals surface area contributed by atoms with Gasteiger partial charge in [-0.1, -0.05) is 61.5 Å². The highest BCUT2D eigenvalue weighted by Gasteiger charge is 2.12. The van der Waals surface area contributed by atoms with Crippen LogP contribution in [0.3, 0.4) is 0 Å². The molecule has 0 spiro atoms. The van der Waals surface area contributed by atoms with Crippen LogP contribution in [0.2, 0.25) is 0 Å². The van der Waals surface area contributed by atoms with E-state index in [0.29, 0.717) is 21.6 Å². The quantitative estimate of drug-likeness (QED) is 0.356. The third-order valence-electron chi connectivity index (χ3n) is 4.37. The number of nitrogens with zero attached hydrogens (tertiary/aromatic N) is 2. The Morgan fingerprint density at radius 3 is 2.58 bits per heavy atom. The van der Waals surface area contributed by atoms with E-state index in [0.717, 1.165) is 19.3 Å². The minimum absolute atomic E-state index is 0.0412. The lowest BCUT2D eigenvalue weighted by Gasteiger charge is -2.08. The fraction of sp³-hybridized carbons (Fsp3) is 0.286. The SMILES string of the molecule is CCCCc1ccc(C(=O)CSc2nc3ccccc3c(=O)n2C)cc1. The molecule has 0 fully saturated rings. The Morgan fingerprint density at radius 1 is 1.12 bits per heavy atom. The standard InChI is InChI=1S/C21H22N2O2S/c1-3-4-7-15-10-12-16(13-11-15)19(24)14-26-21-22-18-9-6-5-8-17(18)20(25)23(21)2/h5-6,8-13H,3-4,7,14H2,1-2H3. The number of ketones is 1. The van der Waals surface area contributed by atoms with Gasteiger partial charge in [-0.05, 0) is 30.5 Å². The summed E-state index contributed by atoms with van der Waals surface area (Å²) in [7, 11) is 1.69. The molecule has 1 heterocycles. The molecule has 0 N–H and O–H groups in total. The number of carbonyl (C=O) groups excluding carboxylic acids is 1. The monoisotopic (exact) mass is 366 g/mol. The number of fused-ring (bicyclic) bond motifs is 1. The first kappa shape index (κ1) is 18.4. The number of benzene rings is 2. The molecule has 0 unspecified atom stereocenters. The number of hydrogen-bond acceptors (Lipinski definition) is 4. The van der Waals surface area contributed by atoms with Gasteiger partial charge in [-0.3, -0.25) is 14.2 Å². The van der Waals surface area contributed by atoms with Crippen LogP contribution in [-0.4, -0.2) is 21.1 Å². The number of rotatable bonds is 7. The van der Waals surface area contributed by atoms with Crippen molar-refractivity contribution >= 4 is 28.4 Å². The average Bonchev–Trinajstić information content (AvgIpc) is 2.68. The van der Waals surface area contributed by atoms with Crippen LogP contribution < -0.4 is 5.56 Å². The lowest BCUT2D eigenvalue weighted by molar-refractivity contribution is 0.102. The van der Waals surface area contributed by atoms with E-state index in [1.165, 1.54) is 21.9 Å².